The Morgan fingerprint density at radius 3 is 2.53 bits per heavy atom. The Morgan fingerprint density at radius 2 is 2.00 bits per heavy atom. The molecule has 0 fully saturated rings. The molecule has 0 bridgehead atoms. The van der Waals surface area contributed by atoms with Crippen LogP contribution in [0.1, 0.15) is 15.9 Å². The van der Waals surface area contributed by atoms with Crippen molar-refractivity contribution in [2.75, 3.05) is 12.4 Å². The fraction of sp³-hybridized carbons (Fsp3) is 0.143. The lowest BCUT2D eigenvalue weighted by Gasteiger charge is -2.07. The number of carbonyl (C=O) groups is 1. The van der Waals surface area contributed by atoms with Gasteiger partial charge >= 0.3 is 0 Å². The first-order valence-electron chi connectivity index (χ1n) is 5.81. The van der Waals surface area contributed by atoms with E-state index in [1.165, 1.54) is 0 Å². The van der Waals surface area contributed by atoms with Gasteiger partial charge in [0.25, 0.3) is 0 Å². The molecule has 5 heteroatoms. The quantitative estimate of drug-likeness (QED) is 0.856. The maximum absolute atomic E-state index is 10.9. The van der Waals surface area contributed by atoms with Crippen molar-refractivity contribution < 1.29 is 9.53 Å². The van der Waals surface area contributed by atoms with Crippen LogP contribution >= 0.6 is 0 Å². The molecular weight excluding hydrogens is 242 g/mol. The number of rotatable bonds is 5. The van der Waals surface area contributed by atoms with Gasteiger partial charge in [0.2, 0.25) is 11.8 Å². The minimum atomic E-state index is -0.418. The van der Waals surface area contributed by atoms with E-state index in [0.29, 0.717) is 18.0 Å². The molecule has 1 aromatic heterocycles. The number of hydrogen-bond donors (Lipinski definition) is 2. The summed E-state index contributed by atoms with van der Waals surface area (Å²) in [5, 5.41) is 3.23. The standard InChI is InChI=1S/C14H15N3O2/c1-19-13-7-6-12(9-17-13)16-8-10-2-4-11(5-3-10)14(15)18/h2-7,9,16H,8H2,1H3,(H2,15,18). The molecule has 0 aliphatic rings. The SMILES string of the molecule is COc1ccc(NCc2ccc(C(N)=O)cc2)cn1. The van der Waals surface area contributed by atoms with Crippen LogP contribution in [0.3, 0.4) is 0 Å². The molecule has 0 aliphatic heterocycles. The van der Waals surface area contributed by atoms with Crippen molar-refractivity contribution in [2.45, 2.75) is 6.54 Å². The lowest BCUT2D eigenvalue weighted by Crippen LogP contribution is -2.10. The lowest BCUT2D eigenvalue weighted by atomic mass is 10.1. The van der Waals surface area contributed by atoms with E-state index in [1.54, 1.807) is 31.5 Å². The average molecular weight is 257 g/mol. The molecule has 5 nitrogen and oxygen atoms in total. The Balaban J connectivity index is 1.95. The Morgan fingerprint density at radius 1 is 1.26 bits per heavy atom. The predicted molar refractivity (Wildman–Crippen MR) is 73.1 cm³/mol. The summed E-state index contributed by atoms with van der Waals surface area (Å²) in [6, 6.07) is 10.8. The van der Waals surface area contributed by atoms with E-state index in [9.17, 15) is 4.79 Å². The number of hydrogen-bond acceptors (Lipinski definition) is 4. The molecule has 19 heavy (non-hydrogen) atoms. The first-order chi connectivity index (χ1) is 9.19. The second-order valence-corrected chi connectivity index (χ2v) is 4.00. The van der Waals surface area contributed by atoms with Gasteiger partial charge in [-0.15, -0.1) is 0 Å². The number of benzene rings is 1. The number of ether oxygens (including phenoxy) is 1. The van der Waals surface area contributed by atoms with E-state index in [-0.39, 0.29) is 0 Å². The van der Waals surface area contributed by atoms with Crippen LogP contribution in [0.25, 0.3) is 0 Å². The molecule has 1 aromatic carbocycles. The summed E-state index contributed by atoms with van der Waals surface area (Å²) >= 11 is 0. The third kappa shape index (κ3) is 3.45. The predicted octanol–water partition coefficient (Wildman–Crippen LogP) is 1.80. The van der Waals surface area contributed by atoms with Crippen LogP contribution in [0.5, 0.6) is 5.88 Å². The number of pyridine rings is 1. The number of amides is 1. The summed E-state index contributed by atoms with van der Waals surface area (Å²) < 4.78 is 4.98. The molecule has 0 saturated carbocycles. The molecule has 0 spiro atoms. The highest BCUT2D eigenvalue weighted by Gasteiger charge is 2.00. The number of aromatic nitrogens is 1. The number of nitrogens with zero attached hydrogens (tertiary/aromatic N) is 1. The van der Waals surface area contributed by atoms with Crippen LogP contribution in [-0.2, 0) is 6.54 Å². The van der Waals surface area contributed by atoms with Gasteiger partial charge < -0.3 is 15.8 Å². The van der Waals surface area contributed by atoms with Gasteiger partial charge in [0, 0.05) is 18.2 Å². The van der Waals surface area contributed by atoms with Crippen molar-refractivity contribution >= 4 is 11.6 Å². The number of carbonyl (C=O) groups excluding carboxylic acids is 1. The summed E-state index contributed by atoms with van der Waals surface area (Å²) in [6.07, 6.45) is 1.70. The zero-order valence-electron chi connectivity index (χ0n) is 10.6. The fourth-order valence-electron chi connectivity index (χ4n) is 1.60. The van der Waals surface area contributed by atoms with Crippen molar-refractivity contribution in [3.05, 3.63) is 53.7 Å². The van der Waals surface area contributed by atoms with Crippen LogP contribution in [0.2, 0.25) is 0 Å². The van der Waals surface area contributed by atoms with E-state index in [1.807, 2.05) is 18.2 Å². The van der Waals surface area contributed by atoms with E-state index < -0.39 is 5.91 Å². The van der Waals surface area contributed by atoms with E-state index >= 15 is 0 Å². The molecular formula is C14H15N3O2. The Labute approximate surface area is 111 Å². The Bertz CT molecular complexity index is 550. The van der Waals surface area contributed by atoms with E-state index in [4.69, 9.17) is 10.5 Å². The second kappa shape index (κ2) is 5.86. The minimum Gasteiger partial charge on any atom is -0.481 e. The number of methoxy groups -OCH3 is 1. The molecule has 0 unspecified atom stereocenters. The van der Waals surface area contributed by atoms with Crippen LogP contribution in [0.15, 0.2) is 42.6 Å². The number of nitrogens with two attached hydrogens (primary N) is 1. The summed E-state index contributed by atoms with van der Waals surface area (Å²) in [6.45, 7) is 0.646. The molecule has 2 rings (SSSR count). The van der Waals surface area contributed by atoms with Crippen LogP contribution in [-0.4, -0.2) is 18.0 Å². The molecule has 1 amide bonds. The minimum absolute atomic E-state index is 0.418. The van der Waals surface area contributed by atoms with Crippen molar-refractivity contribution in [2.24, 2.45) is 5.73 Å². The number of anilines is 1. The van der Waals surface area contributed by atoms with Gasteiger partial charge in [0.15, 0.2) is 0 Å². The van der Waals surface area contributed by atoms with E-state index in [2.05, 4.69) is 10.3 Å². The second-order valence-electron chi connectivity index (χ2n) is 4.00. The molecule has 0 aliphatic carbocycles. The van der Waals surface area contributed by atoms with Gasteiger partial charge in [-0.2, -0.15) is 0 Å². The third-order valence-corrected chi connectivity index (χ3v) is 2.68. The molecule has 0 radical (unpaired) electrons. The van der Waals surface area contributed by atoms with Gasteiger partial charge in [0.05, 0.1) is 19.0 Å². The lowest BCUT2D eigenvalue weighted by molar-refractivity contribution is 0.100. The molecule has 0 saturated heterocycles. The Kier molecular flexibility index (Phi) is 3.97. The van der Waals surface area contributed by atoms with Gasteiger partial charge in [-0.3, -0.25) is 4.79 Å². The van der Waals surface area contributed by atoms with Crippen molar-refractivity contribution in [1.82, 2.24) is 4.98 Å². The summed E-state index contributed by atoms with van der Waals surface area (Å²) in [5.41, 5.74) is 7.65. The topological polar surface area (TPSA) is 77.2 Å². The van der Waals surface area contributed by atoms with Crippen LogP contribution < -0.4 is 15.8 Å². The summed E-state index contributed by atoms with van der Waals surface area (Å²) in [5.74, 6) is 0.162. The summed E-state index contributed by atoms with van der Waals surface area (Å²) in [7, 11) is 1.58. The number of primary amides is 1. The highest BCUT2D eigenvalue weighted by Crippen LogP contribution is 2.12. The first kappa shape index (κ1) is 12.9. The third-order valence-electron chi connectivity index (χ3n) is 2.68. The largest absolute Gasteiger partial charge is 0.481 e. The molecule has 0 atom stereocenters. The van der Waals surface area contributed by atoms with Gasteiger partial charge in [-0.1, -0.05) is 12.1 Å². The van der Waals surface area contributed by atoms with Crippen molar-refractivity contribution in [3.8, 4) is 5.88 Å². The van der Waals surface area contributed by atoms with Crippen LogP contribution in [0.4, 0.5) is 5.69 Å². The van der Waals surface area contributed by atoms with Crippen molar-refractivity contribution in [3.63, 3.8) is 0 Å². The maximum Gasteiger partial charge on any atom is 0.248 e. The smallest absolute Gasteiger partial charge is 0.248 e. The van der Waals surface area contributed by atoms with Gasteiger partial charge in [0.1, 0.15) is 0 Å². The first-order valence-corrected chi connectivity index (χ1v) is 5.81. The maximum atomic E-state index is 10.9. The highest BCUT2D eigenvalue weighted by molar-refractivity contribution is 5.92. The zero-order valence-corrected chi connectivity index (χ0v) is 10.6. The zero-order chi connectivity index (χ0) is 13.7. The summed E-state index contributed by atoms with van der Waals surface area (Å²) in [4.78, 5) is 15.0. The van der Waals surface area contributed by atoms with E-state index in [0.717, 1.165) is 11.3 Å². The monoisotopic (exact) mass is 257 g/mol. The number of nitrogens with one attached hydrogen (secondary N) is 1. The average Bonchev–Trinajstić information content (AvgIpc) is 2.46. The molecule has 2 aromatic rings. The highest BCUT2D eigenvalue weighted by atomic mass is 16.5. The van der Waals surface area contributed by atoms with Gasteiger partial charge in [-0.25, -0.2) is 4.98 Å². The fourth-order valence-corrected chi connectivity index (χ4v) is 1.60. The normalized spacial score (nSPS) is 9.95. The van der Waals surface area contributed by atoms with Crippen molar-refractivity contribution in [1.29, 1.82) is 0 Å². The van der Waals surface area contributed by atoms with Crippen LogP contribution in [0, 0.1) is 0 Å². The molecule has 98 valence electrons. The van der Waals surface area contributed by atoms with Gasteiger partial charge in [-0.05, 0) is 23.8 Å². The molecule has 3 N–H and O–H groups in total. The Hall–Kier alpha value is -2.56. The molecule has 1 heterocycles.